The molecule has 0 aliphatic rings. The first kappa shape index (κ1) is 12.9. The summed E-state index contributed by atoms with van der Waals surface area (Å²) in [5.41, 5.74) is 0.432. The monoisotopic (exact) mass is 242 g/mol. The van der Waals surface area contributed by atoms with Gasteiger partial charge in [-0.2, -0.15) is 0 Å². The van der Waals surface area contributed by atoms with E-state index in [0.29, 0.717) is 5.56 Å². The van der Waals surface area contributed by atoms with Gasteiger partial charge in [0.1, 0.15) is 6.61 Å². The molecule has 0 amide bonds. The average Bonchev–Trinajstić information content (AvgIpc) is 2.27. The van der Waals surface area contributed by atoms with E-state index in [2.05, 4.69) is 0 Å². The van der Waals surface area contributed by atoms with Gasteiger partial charge in [0.25, 0.3) is 0 Å². The number of rotatable bonds is 4. The molecule has 4 nitrogen and oxygen atoms in total. The standard InChI is InChI=1S/C11H14O4S/c1-11(2,16(13)14)8-15-10(12)9-6-4-3-5-7-9/h3-7H,8H2,1-2H3,(H,13,14). The maximum absolute atomic E-state index is 11.5. The van der Waals surface area contributed by atoms with E-state index in [-0.39, 0.29) is 6.61 Å². The zero-order valence-corrected chi connectivity index (χ0v) is 9.99. The first-order valence-electron chi connectivity index (χ1n) is 4.76. The Morgan fingerprint density at radius 3 is 2.44 bits per heavy atom. The Kier molecular flexibility index (Phi) is 4.20. The van der Waals surface area contributed by atoms with Crippen LogP contribution in [0.15, 0.2) is 30.3 Å². The van der Waals surface area contributed by atoms with Gasteiger partial charge in [0, 0.05) is 0 Å². The molecule has 0 radical (unpaired) electrons. The summed E-state index contributed by atoms with van der Waals surface area (Å²) in [5, 5.41) is 0. The van der Waals surface area contributed by atoms with Gasteiger partial charge in [-0.1, -0.05) is 18.2 Å². The van der Waals surface area contributed by atoms with Crippen molar-refractivity contribution >= 4 is 17.0 Å². The van der Waals surface area contributed by atoms with Gasteiger partial charge in [-0.25, -0.2) is 9.00 Å². The molecule has 1 aromatic carbocycles. The predicted molar refractivity (Wildman–Crippen MR) is 61.6 cm³/mol. The smallest absolute Gasteiger partial charge is 0.338 e. The van der Waals surface area contributed by atoms with Crippen LogP contribution in [0, 0.1) is 0 Å². The Morgan fingerprint density at radius 2 is 1.94 bits per heavy atom. The lowest BCUT2D eigenvalue weighted by Gasteiger charge is -2.19. The van der Waals surface area contributed by atoms with Crippen molar-refractivity contribution in [2.45, 2.75) is 18.6 Å². The number of esters is 1. The molecule has 0 saturated heterocycles. The highest BCUT2D eigenvalue weighted by atomic mass is 32.2. The molecule has 0 fully saturated rings. The summed E-state index contributed by atoms with van der Waals surface area (Å²) >= 11 is -2.03. The van der Waals surface area contributed by atoms with Gasteiger partial charge >= 0.3 is 5.97 Å². The highest BCUT2D eigenvalue weighted by Gasteiger charge is 2.27. The quantitative estimate of drug-likeness (QED) is 0.646. The van der Waals surface area contributed by atoms with Gasteiger partial charge in [-0.05, 0) is 26.0 Å². The van der Waals surface area contributed by atoms with E-state index >= 15 is 0 Å². The van der Waals surface area contributed by atoms with Crippen LogP contribution in [0.1, 0.15) is 24.2 Å². The molecule has 0 saturated carbocycles. The molecule has 0 spiro atoms. The highest BCUT2D eigenvalue weighted by Crippen LogP contribution is 2.12. The molecule has 1 aromatic rings. The second kappa shape index (κ2) is 5.23. The molecule has 88 valence electrons. The Balaban J connectivity index is 2.58. The van der Waals surface area contributed by atoms with Gasteiger partial charge in [0.2, 0.25) is 0 Å². The molecule has 0 aromatic heterocycles. The number of benzene rings is 1. The lowest BCUT2D eigenvalue weighted by atomic mass is 10.2. The molecule has 1 unspecified atom stereocenters. The van der Waals surface area contributed by atoms with Gasteiger partial charge in [-0.15, -0.1) is 0 Å². The number of hydrogen-bond acceptors (Lipinski definition) is 3. The number of carbonyl (C=O) groups is 1. The second-order valence-electron chi connectivity index (χ2n) is 3.95. The molecule has 0 bridgehead atoms. The lowest BCUT2D eigenvalue weighted by Crippen LogP contribution is -2.33. The third kappa shape index (κ3) is 3.43. The van der Waals surface area contributed by atoms with E-state index in [4.69, 9.17) is 9.29 Å². The van der Waals surface area contributed by atoms with Crippen LogP contribution in [0.2, 0.25) is 0 Å². The van der Waals surface area contributed by atoms with Crippen LogP contribution in [0.4, 0.5) is 0 Å². The molecular weight excluding hydrogens is 228 g/mol. The van der Waals surface area contributed by atoms with Gasteiger partial charge in [0.05, 0.1) is 10.3 Å². The maximum atomic E-state index is 11.5. The minimum Gasteiger partial charge on any atom is -0.460 e. The minimum absolute atomic E-state index is 0.0934. The van der Waals surface area contributed by atoms with Crippen LogP contribution in [0.3, 0.4) is 0 Å². The van der Waals surface area contributed by atoms with Crippen LogP contribution in [0.5, 0.6) is 0 Å². The molecule has 1 rings (SSSR count). The zero-order chi connectivity index (χ0) is 12.2. The fourth-order valence-electron chi connectivity index (χ4n) is 0.947. The van der Waals surface area contributed by atoms with Crippen molar-refractivity contribution in [3.05, 3.63) is 35.9 Å². The Bertz CT molecular complexity index is 386. The van der Waals surface area contributed by atoms with Crippen LogP contribution in [-0.4, -0.2) is 26.1 Å². The van der Waals surface area contributed by atoms with Crippen LogP contribution in [-0.2, 0) is 15.8 Å². The largest absolute Gasteiger partial charge is 0.460 e. The van der Waals surface area contributed by atoms with Crippen LogP contribution < -0.4 is 0 Å². The topological polar surface area (TPSA) is 63.6 Å². The van der Waals surface area contributed by atoms with E-state index in [0.717, 1.165) is 0 Å². The van der Waals surface area contributed by atoms with Crippen molar-refractivity contribution in [2.75, 3.05) is 6.61 Å². The van der Waals surface area contributed by atoms with Gasteiger partial charge in [-0.3, -0.25) is 0 Å². The number of hydrogen-bond donors (Lipinski definition) is 1. The normalized spacial score (nSPS) is 13.2. The van der Waals surface area contributed by atoms with Crippen LogP contribution in [0.25, 0.3) is 0 Å². The summed E-state index contributed by atoms with van der Waals surface area (Å²) < 4.78 is 23.8. The summed E-state index contributed by atoms with van der Waals surface area (Å²) in [6.07, 6.45) is 0. The zero-order valence-electron chi connectivity index (χ0n) is 9.17. The second-order valence-corrected chi connectivity index (χ2v) is 5.55. The fraction of sp³-hybridized carbons (Fsp3) is 0.364. The number of carbonyl (C=O) groups excluding carboxylic acids is 1. The predicted octanol–water partition coefficient (Wildman–Crippen LogP) is 1.84. The maximum Gasteiger partial charge on any atom is 0.338 e. The van der Waals surface area contributed by atoms with E-state index in [1.54, 1.807) is 44.2 Å². The highest BCUT2D eigenvalue weighted by molar-refractivity contribution is 7.80. The fourth-order valence-corrected chi connectivity index (χ4v) is 1.11. The van der Waals surface area contributed by atoms with E-state index < -0.39 is 21.8 Å². The van der Waals surface area contributed by atoms with Gasteiger partial charge < -0.3 is 9.29 Å². The van der Waals surface area contributed by atoms with E-state index in [1.165, 1.54) is 0 Å². The SMILES string of the molecule is CC(C)(COC(=O)c1ccccc1)S(=O)O. The van der Waals surface area contributed by atoms with Crippen molar-refractivity contribution in [2.24, 2.45) is 0 Å². The van der Waals surface area contributed by atoms with Crippen molar-refractivity contribution in [3.8, 4) is 0 Å². The molecule has 1 atom stereocenters. The van der Waals surface area contributed by atoms with Crippen molar-refractivity contribution in [3.63, 3.8) is 0 Å². The molecule has 0 aliphatic carbocycles. The van der Waals surface area contributed by atoms with Gasteiger partial charge in [0.15, 0.2) is 11.1 Å². The molecule has 1 N–H and O–H groups in total. The van der Waals surface area contributed by atoms with Crippen LogP contribution >= 0.6 is 0 Å². The molecular formula is C11H14O4S. The number of ether oxygens (including phenoxy) is 1. The summed E-state index contributed by atoms with van der Waals surface area (Å²) in [6.45, 7) is 3.02. The summed E-state index contributed by atoms with van der Waals surface area (Å²) in [6, 6.07) is 8.51. The molecule has 0 aliphatic heterocycles. The van der Waals surface area contributed by atoms with E-state index in [1.807, 2.05) is 0 Å². The van der Waals surface area contributed by atoms with Crippen molar-refractivity contribution in [1.29, 1.82) is 0 Å². The minimum atomic E-state index is -2.03. The Labute approximate surface area is 96.9 Å². The average molecular weight is 242 g/mol. The Morgan fingerprint density at radius 1 is 1.38 bits per heavy atom. The molecule has 16 heavy (non-hydrogen) atoms. The summed E-state index contributed by atoms with van der Waals surface area (Å²) in [5.74, 6) is -0.487. The first-order chi connectivity index (χ1) is 7.43. The first-order valence-corrected chi connectivity index (χ1v) is 5.87. The molecule has 5 heteroatoms. The third-order valence-electron chi connectivity index (χ3n) is 2.03. The lowest BCUT2D eigenvalue weighted by molar-refractivity contribution is 0.0473. The molecule has 0 heterocycles. The Hall–Kier alpha value is -1.20. The van der Waals surface area contributed by atoms with Crippen molar-refractivity contribution in [1.82, 2.24) is 0 Å². The van der Waals surface area contributed by atoms with Crippen molar-refractivity contribution < 1.29 is 18.3 Å². The third-order valence-corrected chi connectivity index (χ3v) is 3.10. The summed E-state index contributed by atoms with van der Waals surface area (Å²) in [4.78, 5) is 11.5. The van der Waals surface area contributed by atoms with E-state index in [9.17, 15) is 9.00 Å². The summed E-state index contributed by atoms with van der Waals surface area (Å²) in [7, 11) is 0.